The SMILES string of the molecule is CCc1cccc2c(=O)[nH]cc(C#N)c12. The zero-order chi connectivity index (χ0) is 10.8. The number of hydrogen-bond donors (Lipinski definition) is 1. The summed E-state index contributed by atoms with van der Waals surface area (Å²) in [6.45, 7) is 2.01. The molecule has 0 aliphatic rings. The van der Waals surface area contributed by atoms with Crippen LogP contribution in [0.15, 0.2) is 29.2 Å². The summed E-state index contributed by atoms with van der Waals surface area (Å²) in [7, 11) is 0. The highest BCUT2D eigenvalue weighted by Gasteiger charge is 2.07. The predicted molar refractivity (Wildman–Crippen MR) is 58.7 cm³/mol. The van der Waals surface area contributed by atoms with Gasteiger partial charge in [-0.1, -0.05) is 19.1 Å². The number of nitriles is 1. The molecule has 0 spiro atoms. The van der Waals surface area contributed by atoms with Gasteiger partial charge in [0, 0.05) is 17.0 Å². The van der Waals surface area contributed by atoms with Crippen molar-refractivity contribution in [2.45, 2.75) is 13.3 Å². The molecular formula is C12H10N2O. The minimum Gasteiger partial charge on any atom is -0.327 e. The van der Waals surface area contributed by atoms with E-state index in [1.54, 1.807) is 6.07 Å². The Morgan fingerprint density at radius 3 is 2.93 bits per heavy atom. The van der Waals surface area contributed by atoms with E-state index >= 15 is 0 Å². The monoisotopic (exact) mass is 198 g/mol. The normalized spacial score (nSPS) is 10.1. The molecule has 3 heteroatoms. The number of fused-ring (bicyclic) bond motifs is 1. The molecule has 2 rings (SSSR count). The standard InChI is InChI=1S/C12H10N2O/c1-2-8-4-3-5-10-11(8)9(6-13)7-14-12(10)15/h3-5,7H,2H2,1H3,(H,14,15). The Balaban J connectivity index is 3.02. The molecule has 0 aliphatic carbocycles. The maximum atomic E-state index is 11.6. The number of aryl methyl sites for hydroxylation is 1. The topological polar surface area (TPSA) is 56.6 Å². The summed E-state index contributed by atoms with van der Waals surface area (Å²) in [6, 6.07) is 7.64. The van der Waals surface area contributed by atoms with E-state index in [2.05, 4.69) is 11.1 Å². The zero-order valence-electron chi connectivity index (χ0n) is 8.37. The van der Waals surface area contributed by atoms with E-state index in [1.165, 1.54) is 6.20 Å². The van der Waals surface area contributed by atoms with Gasteiger partial charge in [0.1, 0.15) is 6.07 Å². The van der Waals surface area contributed by atoms with Gasteiger partial charge in [0.05, 0.1) is 5.56 Å². The molecule has 1 aromatic heterocycles. The van der Waals surface area contributed by atoms with Crippen LogP contribution in [-0.4, -0.2) is 4.98 Å². The lowest BCUT2D eigenvalue weighted by Crippen LogP contribution is -2.07. The quantitative estimate of drug-likeness (QED) is 0.761. The number of H-pyrrole nitrogens is 1. The first-order valence-corrected chi connectivity index (χ1v) is 4.81. The fourth-order valence-electron chi connectivity index (χ4n) is 1.78. The summed E-state index contributed by atoms with van der Waals surface area (Å²) in [5.74, 6) is 0. The van der Waals surface area contributed by atoms with Crippen LogP contribution >= 0.6 is 0 Å². The van der Waals surface area contributed by atoms with Crippen molar-refractivity contribution in [3.05, 3.63) is 45.9 Å². The first kappa shape index (κ1) is 9.47. The smallest absolute Gasteiger partial charge is 0.255 e. The fourth-order valence-corrected chi connectivity index (χ4v) is 1.78. The maximum Gasteiger partial charge on any atom is 0.255 e. The average Bonchev–Trinajstić information content (AvgIpc) is 2.29. The number of nitrogens with zero attached hydrogens (tertiary/aromatic N) is 1. The van der Waals surface area contributed by atoms with Gasteiger partial charge in [0.15, 0.2) is 0 Å². The Hall–Kier alpha value is -2.08. The van der Waals surface area contributed by atoms with Gasteiger partial charge < -0.3 is 4.98 Å². The molecule has 2 aromatic rings. The summed E-state index contributed by atoms with van der Waals surface area (Å²) in [5.41, 5.74) is 1.43. The van der Waals surface area contributed by atoms with E-state index in [0.717, 1.165) is 17.4 Å². The van der Waals surface area contributed by atoms with Crippen LogP contribution in [0, 0.1) is 11.3 Å². The summed E-state index contributed by atoms with van der Waals surface area (Å²) in [5, 5.41) is 10.3. The van der Waals surface area contributed by atoms with E-state index < -0.39 is 0 Å². The van der Waals surface area contributed by atoms with Crippen LogP contribution in [-0.2, 0) is 6.42 Å². The molecule has 1 aromatic carbocycles. The molecule has 0 saturated carbocycles. The minimum absolute atomic E-state index is 0.140. The highest BCUT2D eigenvalue weighted by atomic mass is 16.1. The van der Waals surface area contributed by atoms with Crippen molar-refractivity contribution < 1.29 is 0 Å². The van der Waals surface area contributed by atoms with Crippen molar-refractivity contribution in [3.63, 3.8) is 0 Å². The number of aromatic nitrogens is 1. The first-order chi connectivity index (χ1) is 7.27. The predicted octanol–water partition coefficient (Wildman–Crippen LogP) is 1.96. The Kier molecular flexibility index (Phi) is 2.26. The third kappa shape index (κ3) is 1.40. The van der Waals surface area contributed by atoms with Gasteiger partial charge in [-0.3, -0.25) is 4.79 Å². The second-order valence-corrected chi connectivity index (χ2v) is 3.34. The molecule has 74 valence electrons. The van der Waals surface area contributed by atoms with Crippen molar-refractivity contribution in [2.24, 2.45) is 0 Å². The fraction of sp³-hybridized carbons (Fsp3) is 0.167. The van der Waals surface area contributed by atoms with Crippen LogP contribution in [0.25, 0.3) is 10.8 Å². The average molecular weight is 198 g/mol. The van der Waals surface area contributed by atoms with E-state index in [4.69, 9.17) is 5.26 Å². The third-order valence-corrected chi connectivity index (χ3v) is 2.51. The number of aromatic amines is 1. The van der Waals surface area contributed by atoms with Crippen molar-refractivity contribution in [1.82, 2.24) is 4.98 Å². The Morgan fingerprint density at radius 1 is 1.47 bits per heavy atom. The van der Waals surface area contributed by atoms with Gasteiger partial charge in [0.25, 0.3) is 5.56 Å². The first-order valence-electron chi connectivity index (χ1n) is 4.81. The van der Waals surface area contributed by atoms with E-state index in [0.29, 0.717) is 10.9 Å². The molecule has 0 bridgehead atoms. The molecule has 0 amide bonds. The molecule has 0 atom stereocenters. The number of hydrogen-bond acceptors (Lipinski definition) is 2. The lowest BCUT2D eigenvalue weighted by atomic mass is 10.0. The van der Waals surface area contributed by atoms with Gasteiger partial charge in [-0.2, -0.15) is 5.26 Å². The van der Waals surface area contributed by atoms with Crippen LogP contribution in [0.5, 0.6) is 0 Å². The van der Waals surface area contributed by atoms with Gasteiger partial charge in [0.2, 0.25) is 0 Å². The summed E-state index contributed by atoms with van der Waals surface area (Å²) in [6.07, 6.45) is 2.29. The molecule has 0 unspecified atom stereocenters. The van der Waals surface area contributed by atoms with Crippen molar-refractivity contribution in [2.75, 3.05) is 0 Å². The van der Waals surface area contributed by atoms with Crippen LogP contribution in [0.4, 0.5) is 0 Å². The zero-order valence-corrected chi connectivity index (χ0v) is 8.37. The molecule has 0 aliphatic heterocycles. The summed E-state index contributed by atoms with van der Waals surface area (Å²) < 4.78 is 0. The largest absolute Gasteiger partial charge is 0.327 e. The molecular weight excluding hydrogens is 188 g/mol. The highest BCUT2D eigenvalue weighted by molar-refractivity contribution is 5.89. The minimum atomic E-state index is -0.140. The van der Waals surface area contributed by atoms with Gasteiger partial charge in [-0.15, -0.1) is 0 Å². The maximum absolute atomic E-state index is 11.6. The second-order valence-electron chi connectivity index (χ2n) is 3.34. The van der Waals surface area contributed by atoms with E-state index in [-0.39, 0.29) is 5.56 Å². The van der Waals surface area contributed by atoms with Crippen LogP contribution < -0.4 is 5.56 Å². The van der Waals surface area contributed by atoms with Gasteiger partial charge in [-0.05, 0) is 18.1 Å². The molecule has 15 heavy (non-hydrogen) atoms. The lowest BCUT2D eigenvalue weighted by molar-refractivity contribution is 1.15. The van der Waals surface area contributed by atoms with Gasteiger partial charge in [-0.25, -0.2) is 0 Å². The lowest BCUT2D eigenvalue weighted by Gasteiger charge is -2.04. The highest BCUT2D eigenvalue weighted by Crippen LogP contribution is 2.19. The number of benzene rings is 1. The molecule has 0 fully saturated rings. The van der Waals surface area contributed by atoms with Crippen molar-refractivity contribution in [3.8, 4) is 6.07 Å². The van der Waals surface area contributed by atoms with E-state index in [9.17, 15) is 4.79 Å². The van der Waals surface area contributed by atoms with Crippen LogP contribution in [0.2, 0.25) is 0 Å². The van der Waals surface area contributed by atoms with Gasteiger partial charge >= 0.3 is 0 Å². The number of pyridine rings is 1. The Morgan fingerprint density at radius 2 is 2.27 bits per heavy atom. The van der Waals surface area contributed by atoms with Crippen molar-refractivity contribution >= 4 is 10.8 Å². The van der Waals surface area contributed by atoms with Crippen LogP contribution in [0.3, 0.4) is 0 Å². The molecule has 0 saturated heterocycles. The van der Waals surface area contributed by atoms with Crippen LogP contribution in [0.1, 0.15) is 18.1 Å². The Bertz CT molecular complexity index is 605. The molecule has 3 nitrogen and oxygen atoms in total. The molecule has 0 radical (unpaired) electrons. The Labute approximate surface area is 87.0 Å². The molecule has 1 heterocycles. The number of rotatable bonds is 1. The second kappa shape index (κ2) is 3.58. The molecule has 1 N–H and O–H groups in total. The number of nitrogens with one attached hydrogen (secondary N) is 1. The summed E-state index contributed by atoms with van der Waals surface area (Å²) in [4.78, 5) is 14.1. The van der Waals surface area contributed by atoms with Crippen molar-refractivity contribution in [1.29, 1.82) is 5.26 Å². The summed E-state index contributed by atoms with van der Waals surface area (Å²) >= 11 is 0. The third-order valence-electron chi connectivity index (χ3n) is 2.51. The van der Waals surface area contributed by atoms with E-state index in [1.807, 2.05) is 19.1 Å².